The Balaban J connectivity index is 1.25. The number of benzene rings is 1. The van der Waals surface area contributed by atoms with E-state index in [1.165, 1.54) is 0 Å². The number of carbonyl (C=O) groups is 1. The van der Waals surface area contributed by atoms with Gasteiger partial charge in [-0.3, -0.25) is 29.8 Å². The van der Waals surface area contributed by atoms with Crippen molar-refractivity contribution in [3.63, 3.8) is 0 Å². The van der Waals surface area contributed by atoms with E-state index in [1.54, 1.807) is 49.3 Å². The van der Waals surface area contributed by atoms with Crippen LogP contribution in [0.15, 0.2) is 104 Å². The Kier molecular flexibility index (Phi) is 5.37. The highest BCUT2D eigenvalue weighted by Gasteiger charge is 2.16. The second-order valence-corrected chi connectivity index (χ2v) is 9.01. The lowest BCUT2D eigenvalue weighted by Gasteiger charge is -2.07. The Hall–Kier alpha value is -5.70. The molecule has 9 heteroatoms. The van der Waals surface area contributed by atoms with Gasteiger partial charge in [-0.05, 0) is 48.5 Å². The maximum atomic E-state index is 12.6. The number of hydrogen-bond acceptors (Lipinski definition) is 6. The number of aromatic amines is 2. The summed E-state index contributed by atoms with van der Waals surface area (Å²) in [6, 6.07) is 20.8. The van der Waals surface area contributed by atoms with Crippen LogP contribution in [0, 0.1) is 0 Å². The average Bonchev–Trinajstić information content (AvgIpc) is 3.62. The number of nitrogens with one attached hydrogen (secondary N) is 3. The third kappa shape index (κ3) is 4.17. The molecule has 6 heterocycles. The van der Waals surface area contributed by atoms with Gasteiger partial charge in [-0.2, -0.15) is 5.10 Å². The molecule has 9 nitrogen and oxygen atoms in total. The molecule has 0 aliphatic heterocycles. The van der Waals surface area contributed by atoms with Crippen LogP contribution in [-0.2, 0) is 0 Å². The third-order valence-corrected chi connectivity index (χ3v) is 6.53. The topological polar surface area (TPSA) is 125 Å². The van der Waals surface area contributed by atoms with E-state index >= 15 is 0 Å². The van der Waals surface area contributed by atoms with Gasteiger partial charge in [-0.1, -0.05) is 18.2 Å². The van der Waals surface area contributed by atoms with E-state index in [9.17, 15) is 4.79 Å². The summed E-state index contributed by atoms with van der Waals surface area (Å²) in [6.45, 7) is 0. The van der Waals surface area contributed by atoms with Gasteiger partial charge in [-0.15, -0.1) is 0 Å². The highest BCUT2D eigenvalue weighted by molar-refractivity contribution is 6.04. The molecule has 0 aliphatic rings. The molecule has 0 unspecified atom stereocenters. The Morgan fingerprint density at radius 2 is 1.56 bits per heavy atom. The number of amides is 1. The molecule has 6 aromatic heterocycles. The summed E-state index contributed by atoms with van der Waals surface area (Å²) in [6.07, 6.45) is 10.4. The molecule has 0 bridgehead atoms. The van der Waals surface area contributed by atoms with Crippen molar-refractivity contribution in [2.24, 2.45) is 0 Å². The predicted octanol–water partition coefficient (Wildman–Crippen LogP) is 5.88. The van der Waals surface area contributed by atoms with Gasteiger partial charge in [-0.25, -0.2) is 0 Å². The SMILES string of the molecule is O=C(Nc1cncc(-c2cc3c(-c4cc5c(-c6ccncc6)nccc5[nH]4)n[nH]c3cn2)c1)c1ccccc1. The normalized spacial score (nSPS) is 11.2. The Bertz CT molecular complexity index is 1960. The van der Waals surface area contributed by atoms with Crippen LogP contribution in [0.1, 0.15) is 10.4 Å². The van der Waals surface area contributed by atoms with E-state index in [0.29, 0.717) is 16.9 Å². The van der Waals surface area contributed by atoms with E-state index in [1.807, 2.05) is 48.5 Å². The van der Waals surface area contributed by atoms with Crippen molar-refractivity contribution < 1.29 is 4.79 Å². The van der Waals surface area contributed by atoms with Crippen molar-refractivity contribution in [2.45, 2.75) is 0 Å². The molecule has 7 aromatic rings. The molecule has 1 aromatic carbocycles. The van der Waals surface area contributed by atoms with Crippen LogP contribution < -0.4 is 5.32 Å². The fourth-order valence-electron chi connectivity index (χ4n) is 4.64. The number of pyridine rings is 4. The van der Waals surface area contributed by atoms with Crippen molar-refractivity contribution in [1.29, 1.82) is 0 Å². The van der Waals surface area contributed by atoms with Crippen LogP contribution in [0.3, 0.4) is 0 Å². The molecule has 1 amide bonds. The van der Waals surface area contributed by atoms with Crippen LogP contribution in [0.25, 0.3) is 55.7 Å². The van der Waals surface area contributed by atoms with Crippen molar-refractivity contribution in [3.05, 3.63) is 109 Å². The summed E-state index contributed by atoms with van der Waals surface area (Å²) in [5.74, 6) is -0.200. The number of anilines is 1. The first-order valence-corrected chi connectivity index (χ1v) is 12.3. The minimum atomic E-state index is -0.200. The number of carbonyl (C=O) groups excluding carboxylic acids is 1. The lowest BCUT2D eigenvalue weighted by molar-refractivity contribution is 0.102. The van der Waals surface area contributed by atoms with Gasteiger partial charge >= 0.3 is 0 Å². The lowest BCUT2D eigenvalue weighted by atomic mass is 10.1. The fraction of sp³-hybridized carbons (Fsp3) is 0. The molecular formula is C30H20N8O. The first-order valence-electron chi connectivity index (χ1n) is 12.3. The monoisotopic (exact) mass is 508 g/mol. The third-order valence-electron chi connectivity index (χ3n) is 6.53. The molecule has 0 saturated carbocycles. The van der Waals surface area contributed by atoms with Gasteiger partial charge in [0.15, 0.2) is 0 Å². The minimum absolute atomic E-state index is 0.200. The largest absolute Gasteiger partial charge is 0.353 e. The molecule has 0 radical (unpaired) electrons. The summed E-state index contributed by atoms with van der Waals surface area (Å²) in [5.41, 5.74) is 7.91. The zero-order valence-corrected chi connectivity index (χ0v) is 20.5. The zero-order valence-electron chi connectivity index (χ0n) is 20.5. The number of hydrogen-bond donors (Lipinski definition) is 3. The molecule has 0 atom stereocenters. The van der Waals surface area contributed by atoms with Crippen molar-refractivity contribution in [3.8, 4) is 33.9 Å². The maximum Gasteiger partial charge on any atom is 0.255 e. The number of H-pyrrole nitrogens is 2. The predicted molar refractivity (Wildman–Crippen MR) is 150 cm³/mol. The van der Waals surface area contributed by atoms with Crippen molar-refractivity contribution in [1.82, 2.24) is 35.1 Å². The first kappa shape index (κ1) is 22.5. The second-order valence-electron chi connectivity index (χ2n) is 9.01. The highest BCUT2D eigenvalue weighted by Crippen LogP contribution is 2.33. The molecule has 0 spiro atoms. The maximum absolute atomic E-state index is 12.6. The molecule has 0 saturated heterocycles. The number of nitrogens with zero attached hydrogens (tertiary/aromatic N) is 5. The number of aromatic nitrogens is 7. The molecule has 0 fully saturated rings. The van der Waals surface area contributed by atoms with Crippen LogP contribution in [0.2, 0.25) is 0 Å². The second kappa shape index (κ2) is 9.31. The summed E-state index contributed by atoms with van der Waals surface area (Å²) in [7, 11) is 0. The van der Waals surface area contributed by atoms with Gasteiger partial charge < -0.3 is 10.3 Å². The standard InChI is InChI=1S/C30H20N8O/c39-30(19-4-2-1-3-5-19)35-21-12-20(15-32-16-21)25-13-23-27(17-34-25)37-38-29(23)26-14-22-24(36-26)8-11-33-28(22)18-6-9-31-10-7-18/h1-17,36H,(H,35,39)(H,37,38). The van der Waals surface area contributed by atoms with Crippen molar-refractivity contribution in [2.75, 3.05) is 5.32 Å². The quantitative estimate of drug-likeness (QED) is 0.267. The van der Waals surface area contributed by atoms with Gasteiger partial charge in [0.25, 0.3) is 5.91 Å². The number of rotatable bonds is 5. The van der Waals surface area contributed by atoms with Crippen LogP contribution >= 0.6 is 0 Å². The molecule has 7 rings (SSSR count). The molecular weight excluding hydrogens is 488 g/mol. The summed E-state index contributed by atoms with van der Waals surface area (Å²) < 4.78 is 0. The van der Waals surface area contributed by atoms with Gasteiger partial charge in [0.2, 0.25) is 0 Å². The van der Waals surface area contributed by atoms with E-state index in [0.717, 1.165) is 50.0 Å². The van der Waals surface area contributed by atoms with E-state index in [4.69, 9.17) is 0 Å². The first-order chi connectivity index (χ1) is 19.2. The van der Waals surface area contributed by atoms with Gasteiger partial charge in [0.05, 0.1) is 40.7 Å². The summed E-state index contributed by atoms with van der Waals surface area (Å²) in [5, 5.41) is 12.5. The van der Waals surface area contributed by atoms with E-state index in [-0.39, 0.29) is 5.91 Å². The van der Waals surface area contributed by atoms with Crippen LogP contribution in [0.4, 0.5) is 5.69 Å². The smallest absolute Gasteiger partial charge is 0.255 e. The Morgan fingerprint density at radius 3 is 2.44 bits per heavy atom. The number of fused-ring (bicyclic) bond motifs is 2. The fourth-order valence-corrected chi connectivity index (χ4v) is 4.64. The summed E-state index contributed by atoms with van der Waals surface area (Å²) >= 11 is 0. The highest BCUT2D eigenvalue weighted by atomic mass is 16.1. The minimum Gasteiger partial charge on any atom is -0.353 e. The molecule has 186 valence electrons. The Labute approximate surface area is 222 Å². The zero-order chi connectivity index (χ0) is 26.2. The molecule has 3 N–H and O–H groups in total. The Morgan fingerprint density at radius 1 is 0.718 bits per heavy atom. The van der Waals surface area contributed by atoms with Crippen LogP contribution in [0.5, 0.6) is 0 Å². The van der Waals surface area contributed by atoms with E-state index < -0.39 is 0 Å². The lowest BCUT2D eigenvalue weighted by Crippen LogP contribution is -2.11. The van der Waals surface area contributed by atoms with Crippen molar-refractivity contribution >= 4 is 33.4 Å². The van der Waals surface area contributed by atoms with Gasteiger partial charge in [0, 0.05) is 57.8 Å². The average molecular weight is 509 g/mol. The van der Waals surface area contributed by atoms with Gasteiger partial charge in [0.1, 0.15) is 5.69 Å². The molecule has 39 heavy (non-hydrogen) atoms. The molecule has 0 aliphatic carbocycles. The summed E-state index contributed by atoms with van der Waals surface area (Å²) in [4.78, 5) is 33.8. The van der Waals surface area contributed by atoms with Crippen LogP contribution in [-0.4, -0.2) is 41.0 Å². The van der Waals surface area contributed by atoms with E-state index in [2.05, 4.69) is 46.5 Å².